The molecule has 0 bridgehead atoms. The molecule has 1 aromatic heterocycles. The van der Waals surface area contributed by atoms with Crippen LogP contribution in [0.5, 0.6) is 5.75 Å². The quantitative estimate of drug-likeness (QED) is 0.823. The summed E-state index contributed by atoms with van der Waals surface area (Å²) in [7, 11) is 2.06. The minimum atomic E-state index is 0.217. The molecule has 108 valence electrons. The smallest absolute Gasteiger partial charge is 0.127 e. The second-order valence-corrected chi connectivity index (χ2v) is 6.02. The van der Waals surface area contributed by atoms with E-state index in [1.54, 1.807) is 0 Å². The molecule has 0 fully saturated rings. The summed E-state index contributed by atoms with van der Waals surface area (Å²) >= 11 is 3.53. The van der Waals surface area contributed by atoms with E-state index in [0.29, 0.717) is 0 Å². The predicted molar refractivity (Wildman–Crippen MR) is 85.3 cm³/mol. The average molecular weight is 337 g/mol. The van der Waals surface area contributed by atoms with Crippen LogP contribution in [0.15, 0.2) is 28.9 Å². The first-order chi connectivity index (χ1) is 9.47. The van der Waals surface area contributed by atoms with Gasteiger partial charge in [0.1, 0.15) is 16.2 Å². The maximum atomic E-state index is 5.65. The number of nitrogens with zero attached hydrogens (tertiary/aromatic N) is 2. The van der Waals surface area contributed by atoms with Gasteiger partial charge in [-0.1, -0.05) is 12.1 Å². The van der Waals surface area contributed by atoms with Crippen LogP contribution in [0.4, 0.5) is 0 Å². The van der Waals surface area contributed by atoms with E-state index >= 15 is 0 Å². The zero-order valence-electron chi connectivity index (χ0n) is 12.5. The van der Waals surface area contributed by atoms with Crippen molar-refractivity contribution in [2.75, 3.05) is 0 Å². The Morgan fingerprint density at radius 3 is 2.35 bits per heavy atom. The Hall–Kier alpha value is -1.29. The predicted octanol–water partition coefficient (Wildman–Crippen LogP) is 4.06. The molecule has 4 heteroatoms. The number of aryl methyl sites for hydroxylation is 2. The Morgan fingerprint density at radius 2 is 1.85 bits per heavy atom. The first-order valence-electron chi connectivity index (χ1n) is 6.90. The number of hydrogen-bond donors (Lipinski definition) is 0. The number of hydrogen-bond acceptors (Lipinski definition) is 2. The van der Waals surface area contributed by atoms with E-state index in [-0.39, 0.29) is 6.10 Å². The topological polar surface area (TPSA) is 27.1 Å². The molecule has 0 saturated heterocycles. The van der Waals surface area contributed by atoms with Gasteiger partial charge in [-0.2, -0.15) is 0 Å². The van der Waals surface area contributed by atoms with Crippen molar-refractivity contribution in [3.63, 3.8) is 0 Å². The molecule has 0 amide bonds. The van der Waals surface area contributed by atoms with Gasteiger partial charge in [0.25, 0.3) is 0 Å². The van der Waals surface area contributed by atoms with Crippen LogP contribution in [0.1, 0.15) is 30.9 Å². The van der Waals surface area contributed by atoms with Gasteiger partial charge < -0.3 is 9.30 Å². The van der Waals surface area contributed by atoms with Crippen molar-refractivity contribution in [1.82, 2.24) is 9.55 Å². The van der Waals surface area contributed by atoms with Gasteiger partial charge in [0.2, 0.25) is 0 Å². The lowest BCUT2D eigenvalue weighted by Gasteiger charge is -2.10. The standard InChI is InChI=1S/C16H21BrN2O/c1-11(2)20-14-8-5-13(6-9-14)7-10-15-16(17)18-12(3)19(15)4/h5-6,8-9,11H,7,10H2,1-4H3. The molecule has 1 heterocycles. The van der Waals surface area contributed by atoms with Crippen LogP contribution >= 0.6 is 15.9 Å². The second-order valence-electron chi connectivity index (χ2n) is 5.27. The van der Waals surface area contributed by atoms with E-state index in [9.17, 15) is 0 Å². The SMILES string of the molecule is Cc1nc(Br)c(CCc2ccc(OC(C)C)cc2)n1C. The van der Waals surface area contributed by atoms with Crippen molar-refractivity contribution in [2.24, 2.45) is 7.05 Å². The fourth-order valence-electron chi connectivity index (χ4n) is 2.16. The molecule has 0 radical (unpaired) electrons. The molecule has 0 aliphatic heterocycles. The Balaban J connectivity index is 2.00. The summed E-state index contributed by atoms with van der Waals surface area (Å²) in [4.78, 5) is 4.43. The van der Waals surface area contributed by atoms with Gasteiger partial charge in [0, 0.05) is 7.05 Å². The summed E-state index contributed by atoms with van der Waals surface area (Å²) in [5.74, 6) is 1.97. The van der Waals surface area contributed by atoms with Crippen LogP contribution in [0.2, 0.25) is 0 Å². The normalized spacial score (nSPS) is 11.1. The van der Waals surface area contributed by atoms with Crippen LogP contribution in [0, 0.1) is 6.92 Å². The van der Waals surface area contributed by atoms with Gasteiger partial charge in [-0.05, 0) is 67.2 Å². The van der Waals surface area contributed by atoms with E-state index in [1.165, 1.54) is 11.3 Å². The minimum Gasteiger partial charge on any atom is -0.491 e. The zero-order chi connectivity index (χ0) is 14.7. The third-order valence-electron chi connectivity index (χ3n) is 3.33. The largest absolute Gasteiger partial charge is 0.491 e. The Kier molecular flexibility index (Phi) is 4.86. The zero-order valence-corrected chi connectivity index (χ0v) is 14.1. The Morgan fingerprint density at radius 1 is 1.20 bits per heavy atom. The lowest BCUT2D eigenvalue weighted by atomic mass is 10.1. The van der Waals surface area contributed by atoms with Crippen LogP contribution in [0.3, 0.4) is 0 Å². The maximum absolute atomic E-state index is 5.65. The Labute approximate surface area is 129 Å². The average Bonchev–Trinajstić information content (AvgIpc) is 2.62. The molecular formula is C16H21BrN2O. The summed E-state index contributed by atoms with van der Waals surface area (Å²) in [5.41, 5.74) is 2.55. The Bertz CT molecular complexity index is 573. The van der Waals surface area contributed by atoms with Gasteiger partial charge in [0.15, 0.2) is 0 Å². The highest BCUT2D eigenvalue weighted by molar-refractivity contribution is 9.10. The second kappa shape index (κ2) is 6.44. The summed E-state index contributed by atoms with van der Waals surface area (Å²) in [6.45, 7) is 6.10. The molecule has 0 atom stereocenters. The van der Waals surface area contributed by atoms with E-state index in [4.69, 9.17) is 4.74 Å². The summed E-state index contributed by atoms with van der Waals surface area (Å²) < 4.78 is 8.75. The number of aromatic nitrogens is 2. The molecule has 0 spiro atoms. The summed E-state index contributed by atoms with van der Waals surface area (Å²) in [6, 6.07) is 8.35. The van der Waals surface area contributed by atoms with E-state index in [0.717, 1.165) is 29.0 Å². The van der Waals surface area contributed by atoms with Crippen molar-refractivity contribution in [2.45, 2.75) is 39.7 Å². The number of halogens is 1. The number of ether oxygens (including phenoxy) is 1. The fraction of sp³-hybridized carbons (Fsp3) is 0.438. The van der Waals surface area contributed by atoms with E-state index in [2.05, 4.69) is 44.7 Å². The first kappa shape index (κ1) is 15.1. The molecule has 0 N–H and O–H groups in total. The molecule has 2 aromatic rings. The molecule has 2 rings (SSSR count). The van der Waals surface area contributed by atoms with Gasteiger partial charge in [-0.3, -0.25) is 0 Å². The molecule has 0 aliphatic rings. The van der Waals surface area contributed by atoms with Crippen molar-refractivity contribution in [3.8, 4) is 5.75 Å². The molecule has 0 unspecified atom stereocenters. The number of benzene rings is 1. The fourth-order valence-corrected chi connectivity index (χ4v) is 2.88. The summed E-state index contributed by atoms with van der Waals surface area (Å²) in [5, 5.41) is 0. The lowest BCUT2D eigenvalue weighted by Crippen LogP contribution is -2.05. The van der Waals surface area contributed by atoms with Crippen molar-refractivity contribution < 1.29 is 4.74 Å². The molecule has 1 aromatic carbocycles. The van der Waals surface area contributed by atoms with E-state index in [1.807, 2.05) is 32.9 Å². The van der Waals surface area contributed by atoms with Crippen LogP contribution in [-0.2, 0) is 19.9 Å². The minimum absolute atomic E-state index is 0.217. The molecule has 0 saturated carbocycles. The van der Waals surface area contributed by atoms with Crippen molar-refractivity contribution >= 4 is 15.9 Å². The van der Waals surface area contributed by atoms with E-state index < -0.39 is 0 Å². The molecule has 3 nitrogen and oxygen atoms in total. The van der Waals surface area contributed by atoms with Crippen LogP contribution in [0.25, 0.3) is 0 Å². The van der Waals surface area contributed by atoms with Gasteiger partial charge in [-0.25, -0.2) is 4.98 Å². The molecule has 0 aliphatic carbocycles. The summed E-state index contributed by atoms with van der Waals surface area (Å²) in [6.07, 6.45) is 2.19. The first-order valence-corrected chi connectivity index (χ1v) is 7.70. The lowest BCUT2D eigenvalue weighted by molar-refractivity contribution is 0.242. The highest BCUT2D eigenvalue weighted by atomic mass is 79.9. The van der Waals surface area contributed by atoms with Gasteiger partial charge in [0.05, 0.1) is 11.8 Å². The van der Waals surface area contributed by atoms with Gasteiger partial charge >= 0.3 is 0 Å². The van der Waals surface area contributed by atoms with Gasteiger partial charge in [-0.15, -0.1) is 0 Å². The van der Waals surface area contributed by atoms with Crippen LogP contribution < -0.4 is 4.74 Å². The third-order valence-corrected chi connectivity index (χ3v) is 3.97. The number of imidazole rings is 1. The van der Waals surface area contributed by atoms with Crippen molar-refractivity contribution in [3.05, 3.63) is 46.0 Å². The van der Waals surface area contributed by atoms with Crippen LogP contribution in [-0.4, -0.2) is 15.7 Å². The highest BCUT2D eigenvalue weighted by Crippen LogP contribution is 2.20. The maximum Gasteiger partial charge on any atom is 0.127 e. The molecule has 20 heavy (non-hydrogen) atoms. The third kappa shape index (κ3) is 3.63. The molecular weight excluding hydrogens is 316 g/mol. The van der Waals surface area contributed by atoms with Crippen molar-refractivity contribution in [1.29, 1.82) is 0 Å². The highest BCUT2D eigenvalue weighted by Gasteiger charge is 2.09. The number of rotatable bonds is 5. The monoisotopic (exact) mass is 336 g/mol.